The SMILES string of the molecule is CCCC(NCc1ccno1)C(=O)O. The molecule has 0 aromatic carbocycles. The molecule has 0 bridgehead atoms. The molecule has 0 fully saturated rings. The maximum Gasteiger partial charge on any atom is 0.320 e. The first kappa shape index (κ1) is 10.7. The molecule has 5 nitrogen and oxygen atoms in total. The van der Waals surface area contributed by atoms with Gasteiger partial charge < -0.3 is 9.63 Å². The van der Waals surface area contributed by atoms with E-state index in [1.807, 2.05) is 6.92 Å². The molecule has 0 saturated carbocycles. The number of hydrogen-bond donors (Lipinski definition) is 2. The van der Waals surface area contributed by atoms with E-state index in [2.05, 4.69) is 10.5 Å². The highest BCUT2D eigenvalue weighted by atomic mass is 16.5. The average molecular weight is 198 g/mol. The molecule has 0 amide bonds. The van der Waals surface area contributed by atoms with Crippen LogP contribution < -0.4 is 5.32 Å². The fraction of sp³-hybridized carbons (Fsp3) is 0.556. The van der Waals surface area contributed by atoms with E-state index in [0.29, 0.717) is 18.7 Å². The lowest BCUT2D eigenvalue weighted by Gasteiger charge is -2.11. The summed E-state index contributed by atoms with van der Waals surface area (Å²) < 4.78 is 4.84. The topological polar surface area (TPSA) is 75.4 Å². The highest BCUT2D eigenvalue weighted by Crippen LogP contribution is 2.00. The third-order valence-corrected chi connectivity index (χ3v) is 1.89. The van der Waals surface area contributed by atoms with Crippen LogP contribution in [0.15, 0.2) is 16.8 Å². The van der Waals surface area contributed by atoms with E-state index in [4.69, 9.17) is 9.63 Å². The first-order valence-corrected chi connectivity index (χ1v) is 4.59. The van der Waals surface area contributed by atoms with Crippen LogP contribution in [0.1, 0.15) is 25.5 Å². The Bertz CT molecular complexity index is 272. The number of aliphatic carboxylic acids is 1. The van der Waals surface area contributed by atoms with Crippen LogP contribution in [0.4, 0.5) is 0 Å². The third kappa shape index (κ3) is 3.18. The van der Waals surface area contributed by atoms with Gasteiger partial charge >= 0.3 is 5.97 Å². The van der Waals surface area contributed by atoms with E-state index in [1.165, 1.54) is 6.20 Å². The van der Waals surface area contributed by atoms with Crippen LogP contribution in [0.3, 0.4) is 0 Å². The molecule has 0 radical (unpaired) electrons. The van der Waals surface area contributed by atoms with Crippen LogP contribution in [0.5, 0.6) is 0 Å². The molecule has 1 heterocycles. The highest BCUT2D eigenvalue weighted by Gasteiger charge is 2.15. The summed E-state index contributed by atoms with van der Waals surface area (Å²) in [6.07, 6.45) is 2.98. The van der Waals surface area contributed by atoms with Crippen molar-refractivity contribution in [2.24, 2.45) is 0 Å². The molecule has 78 valence electrons. The van der Waals surface area contributed by atoms with Crippen molar-refractivity contribution in [2.45, 2.75) is 32.4 Å². The highest BCUT2D eigenvalue weighted by molar-refractivity contribution is 5.73. The van der Waals surface area contributed by atoms with Crippen molar-refractivity contribution in [1.82, 2.24) is 10.5 Å². The second kappa shape index (κ2) is 5.39. The number of aromatic nitrogens is 1. The zero-order chi connectivity index (χ0) is 10.4. The minimum absolute atomic E-state index is 0.400. The van der Waals surface area contributed by atoms with Gasteiger partial charge in [-0.25, -0.2) is 0 Å². The van der Waals surface area contributed by atoms with Crippen molar-refractivity contribution in [3.63, 3.8) is 0 Å². The van der Waals surface area contributed by atoms with Crippen molar-refractivity contribution in [3.8, 4) is 0 Å². The van der Waals surface area contributed by atoms with Gasteiger partial charge in [0.1, 0.15) is 11.8 Å². The van der Waals surface area contributed by atoms with Crippen LogP contribution in [0.2, 0.25) is 0 Å². The summed E-state index contributed by atoms with van der Waals surface area (Å²) in [5.74, 6) is -0.182. The summed E-state index contributed by atoms with van der Waals surface area (Å²) in [5.41, 5.74) is 0. The average Bonchev–Trinajstić information content (AvgIpc) is 2.64. The summed E-state index contributed by atoms with van der Waals surface area (Å²) in [6, 6.07) is 1.20. The van der Waals surface area contributed by atoms with Gasteiger partial charge in [-0.2, -0.15) is 0 Å². The van der Waals surface area contributed by atoms with Crippen molar-refractivity contribution < 1.29 is 14.4 Å². The van der Waals surface area contributed by atoms with E-state index < -0.39 is 12.0 Å². The first-order valence-electron chi connectivity index (χ1n) is 4.59. The monoisotopic (exact) mass is 198 g/mol. The van der Waals surface area contributed by atoms with Crippen LogP contribution in [-0.2, 0) is 11.3 Å². The Balaban J connectivity index is 2.37. The number of hydrogen-bond acceptors (Lipinski definition) is 4. The summed E-state index contributed by atoms with van der Waals surface area (Å²) in [6.45, 7) is 2.35. The van der Waals surface area contributed by atoms with E-state index in [9.17, 15) is 4.79 Å². The zero-order valence-electron chi connectivity index (χ0n) is 8.06. The normalized spacial score (nSPS) is 12.6. The van der Waals surface area contributed by atoms with Gasteiger partial charge in [-0.3, -0.25) is 10.1 Å². The fourth-order valence-electron chi connectivity index (χ4n) is 1.16. The lowest BCUT2D eigenvalue weighted by atomic mass is 10.1. The Hall–Kier alpha value is -1.36. The number of carboxylic acids is 1. The Kier molecular flexibility index (Phi) is 4.12. The second-order valence-electron chi connectivity index (χ2n) is 3.04. The predicted molar refractivity (Wildman–Crippen MR) is 49.7 cm³/mol. The minimum atomic E-state index is -0.827. The first-order chi connectivity index (χ1) is 6.74. The number of nitrogens with zero attached hydrogens (tertiary/aromatic N) is 1. The number of carbonyl (C=O) groups is 1. The van der Waals surface area contributed by atoms with Gasteiger partial charge in [-0.1, -0.05) is 18.5 Å². The Morgan fingerprint density at radius 1 is 1.79 bits per heavy atom. The van der Waals surface area contributed by atoms with Crippen LogP contribution in [-0.4, -0.2) is 22.3 Å². The van der Waals surface area contributed by atoms with Crippen molar-refractivity contribution in [3.05, 3.63) is 18.0 Å². The molecule has 0 saturated heterocycles. The summed E-state index contributed by atoms with van der Waals surface area (Å²) >= 11 is 0. The van der Waals surface area contributed by atoms with Crippen molar-refractivity contribution in [1.29, 1.82) is 0 Å². The van der Waals surface area contributed by atoms with Gasteiger partial charge in [0.25, 0.3) is 0 Å². The number of nitrogens with one attached hydrogen (secondary N) is 1. The largest absolute Gasteiger partial charge is 0.480 e. The van der Waals surface area contributed by atoms with Crippen molar-refractivity contribution >= 4 is 5.97 Å². The van der Waals surface area contributed by atoms with E-state index in [-0.39, 0.29) is 0 Å². The molecular formula is C9H14N2O3. The number of rotatable bonds is 6. The molecule has 14 heavy (non-hydrogen) atoms. The maximum absolute atomic E-state index is 10.7. The number of carboxylic acid groups (broad SMARTS) is 1. The molecule has 2 N–H and O–H groups in total. The molecule has 0 spiro atoms. The molecule has 1 rings (SSSR count). The molecule has 1 unspecified atom stereocenters. The zero-order valence-corrected chi connectivity index (χ0v) is 8.06. The van der Waals surface area contributed by atoms with E-state index in [0.717, 1.165) is 6.42 Å². The van der Waals surface area contributed by atoms with Crippen molar-refractivity contribution in [2.75, 3.05) is 0 Å². The van der Waals surface area contributed by atoms with Crippen LogP contribution in [0, 0.1) is 0 Å². The van der Waals surface area contributed by atoms with E-state index in [1.54, 1.807) is 6.07 Å². The van der Waals surface area contributed by atoms with Gasteiger partial charge in [0.2, 0.25) is 0 Å². The molecule has 0 aliphatic carbocycles. The summed E-state index contributed by atoms with van der Waals surface area (Å²) in [4.78, 5) is 10.7. The standard InChI is InChI=1S/C9H14N2O3/c1-2-3-8(9(12)13)10-6-7-4-5-11-14-7/h4-5,8,10H,2-3,6H2,1H3,(H,12,13). The Morgan fingerprint density at radius 3 is 3.07 bits per heavy atom. The Morgan fingerprint density at radius 2 is 2.57 bits per heavy atom. The molecule has 1 atom stereocenters. The smallest absolute Gasteiger partial charge is 0.320 e. The quantitative estimate of drug-likeness (QED) is 0.713. The Labute approximate surface area is 82.1 Å². The van der Waals surface area contributed by atoms with Gasteiger partial charge in [0.05, 0.1) is 12.7 Å². The fourth-order valence-corrected chi connectivity index (χ4v) is 1.16. The van der Waals surface area contributed by atoms with Gasteiger partial charge in [-0.15, -0.1) is 0 Å². The minimum Gasteiger partial charge on any atom is -0.480 e. The maximum atomic E-state index is 10.7. The molecule has 1 aromatic rings. The van der Waals surface area contributed by atoms with E-state index >= 15 is 0 Å². The lowest BCUT2D eigenvalue weighted by Crippen LogP contribution is -2.35. The van der Waals surface area contributed by atoms with Gasteiger partial charge in [-0.05, 0) is 6.42 Å². The van der Waals surface area contributed by atoms with Gasteiger partial charge in [0.15, 0.2) is 0 Å². The molecule has 0 aliphatic heterocycles. The van der Waals surface area contributed by atoms with Crippen LogP contribution >= 0.6 is 0 Å². The lowest BCUT2D eigenvalue weighted by molar-refractivity contribution is -0.139. The second-order valence-corrected chi connectivity index (χ2v) is 3.04. The third-order valence-electron chi connectivity index (χ3n) is 1.89. The van der Waals surface area contributed by atoms with Gasteiger partial charge in [0, 0.05) is 6.07 Å². The molecular weight excluding hydrogens is 184 g/mol. The molecule has 0 aliphatic rings. The predicted octanol–water partition coefficient (Wildman–Crippen LogP) is 1.02. The summed E-state index contributed by atoms with van der Waals surface area (Å²) in [5, 5.41) is 15.2. The van der Waals surface area contributed by atoms with Crippen LogP contribution in [0.25, 0.3) is 0 Å². The molecule has 5 heteroatoms. The summed E-state index contributed by atoms with van der Waals surface area (Å²) in [7, 11) is 0. The molecule has 1 aromatic heterocycles.